The molecule has 10 aromatic carbocycles. The number of ether oxygens (including phenoxy) is 2. The molecule has 82 heavy (non-hydrogen) atoms. The van der Waals surface area contributed by atoms with E-state index in [4.69, 9.17) is 24.4 Å². The number of pyridine rings is 3. The van der Waals surface area contributed by atoms with E-state index in [1.165, 1.54) is 44.5 Å². The normalized spacial score (nSPS) is 20.3. The van der Waals surface area contributed by atoms with E-state index in [2.05, 4.69) is 244 Å². The first-order valence-corrected chi connectivity index (χ1v) is 28.6. The molecule has 388 valence electrons. The van der Waals surface area contributed by atoms with Crippen LogP contribution in [0.1, 0.15) is 93.5 Å². The van der Waals surface area contributed by atoms with Crippen LogP contribution in [0.25, 0.3) is 55.0 Å². The number of hydrogen-bond acceptors (Lipinski definition) is 5. The molecule has 5 heterocycles. The highest BCUT2D eigenvalue weighted by Gasteiger charge is 2.57. The van der Waals surface area contributed by atoms with Crippen LogP contribution in [0, 0.1) is 0 Å². The smallest absolute Gasteiger partial charge is 0.140 e. The Kier molecular flexibility index (Phi) is 9.88. The molecule has 0 atom stereocenters. The van der Waals surface area contributed by atoms with E-state index in [1.807, 2.05) is 30.7 Å². The van der Waals surface area contributed by atoms with Crippen molar-refractivity contribution in [3.63, 3.8) is 0 Å². The number of nitrogens with zero attached hydrogens (tertiary/aromatic N) is 3. The largest absolute Gasteiger partial charge is 0.457 e. The van der Waals surface area contributed by atoms with Crippen LogP contribution in [0.3, 0.4) is 0 Å². The Hall–Kier alpha value is -9.97. The molecule has 13 aromatic rings. The average Bonchev–Trinajstić information content (AvgIpc) is 3.08. The topological polar surface area (TPSA) is 57.1 Å². The van der Waals surface area contributed by atoms with Crippen molar-refractivity contribution in [2.75, 3.05) is 0 Å². The maximum atomic E-state index is 7.19. The van der Waals surface area contributed by atoms with Gasteiger partial charge in [-0.25, -0.2) is 0 Å². The lowest BCUT2D eigenvalue weighted by molar-refractivity contribution is 0.373. The van der Waals surface area contributed by atoms with Gasteiger partial charge in [-0.1, -0.05) is 214 Å². The van der Waals surface area contributed by atoms with Crippen LogP contribution in [0.15, 0.2) is 261 Å². The Morgan fingerprint density at radius 2 is 0.793 bits per heavy atom. The van der Waals surface area contributed by atoms with Gasteiger partial charge in [-0.05, 0) is 105 Å². The summed E-state index contributed by atoms with van der Waals surface area (Å²) in [5, 5.41) is 3.23. The van der Waals surface area contributed by atoms with Gasteiger partial charge in [0.25, 0.3) is 0 Å². The summed E-state index contributed by atoms with van der Waals surface area (Å²) in [5.41, 5.74) is 19.8. The zero-order valence-electron chi connectivity index (χ0n) is 45.4. The molecule has 5 nitrogen and oxygen atoms in total. The molecule has 0 amide bonds. The third-order valence-electron chi connectivity index (χ3n) is 19.3. The number of hydrogen-bond donors (Lipinski definition) is 0. The first-order chi connectivity index (χ1) is 40.4. The molecule has 0 fully saturated rings. The van der Waals surface area contributed by atoms with E-state index < -0.39 is 21.7 Å². The SMILES string of the molecule is CC1(CCC2(C)c3ccccc3C3(c4ccccc4Oc4c(-c5cnc6ccccc6c5)cccc43)c3ccccc32)c2ccccc2C2(c3ccccc3Oc3cc(-c4cnc5c(ccc6cccnc65)c4)ccc32)c2ccccc21. The molecular formula is C77H53N3O2. The second kappa shape index (κ2) is 17.3. The van der Waals surface area contributed by atoms with Gasteiger partial charge in [-0.15, -0.1) is 0 Å². The molecule has 0 saturated heterocycles. The Bertz CT molecular complexity index is 4750. The summed E-state index contributed by atoms with van der Waals surface area (Å²) in [7, 11) is 0. The molecule has 2 spiro atoms. The van der Waals surface area contributed by atoms with Crippen molar-refractivity contribution in [1.82, 2.24) is 15.0 Å². The van der Waals surface area contributed by atoms with Crippen LogP contribution in [0.2, 0.25) is 0 Å². The molecule has 0 N–H and O–H groups in total. The van der Waals surface area contributed by atoms with Crippen LogP contribution in [0.5, 0.6) is 23.0 Å². The monoisotopic (exact) mass is 1050 g/mol. The molecule has 2 aliphatic carbocycles. The number of fused-ring (bicyclic) bond motifs is 20. The zero-order chi connectivity index (χ0) is 54.4. The van der Waals surface area contributed by atoms with Crippen LogP contribution in [-0.2, 0) is 21.7 Å². The highest BCUT2D eigenvalue weighted by atomic mass is 16.5. The van der Waals surface area contributed by atoms with Gasteiger partial charge in [0.15, 0.2) is 0 Å². The lowest BCUT2D eigenvalue weighted by Crippen LogP contribution is -2.46. The van der Waals surface area contributed by atoms with Gasteiger partial charge in [0, 0.05) is 84.5 Å². The first kappa shape index (κ1) is 46.9. The second-order valence-electron chi connectivity index (χ2n) is 23.3. The number of benzene rings is 10. The lowest BCUT2D eigenvalue weighted by Gasteiger charge is -2.53. The van der Waals surface area contributed by atoms with Crippen molar-refractivity contribution in [2.24, 2.45) is 0 Å². The summed E-state index contributed by atoms with van der Waals surface area (Å²) in [6.45, 7) is 5.02. The maximum Gasteiger partial charge on any atom is 0.140 e. The molecule has 0 unspecified atom stereocenters. The van der Waals surface area contributed by atoms with E-state index in [0.717, 1.165) is 113 Å². The Labute approximate surface area is 476 Å². The number of rotatable bonds is 5. The molecule has 17 rings (SSSR count). The Morgan fingerprint density at radius 1 is 0.317 bits per heavy atom. The van der Waals surface area contributed by atoms with Crippen molar-refractivity contribution in [3.8, 4) is 45.3 Å². The minimum absolute atomic E-state index is 0.399. The number of aromatic nitrogens is 3. The maximum absolute atomic E-state index is 7.19. The van der Waals surface area contributed by atoms with Crippen molar-refractivity contribution >= 4 is 32.7 Å². The van der Waals surface area contributed by atoms with E-state index in [9.17, 15) is 0 Å². The van der Waals surface area contributed by atoms with Gasteiger partial charge in [-0.3, -0.25) is 15.0 Å². The quantitative estimate of drug-likeness (QED) is 0.161. The molecule has 4 aliphatic rings. The van der Waals surface area contributed by atoms with E-state index in [-0.39, 0.29) is 0 Å². The van der Waals surface area contributed by atoms with E-state index in [1.54, 1.807) is 0 Å². The number of para-hydroxylation sites is 4. The predicted molar refractivity (Wildman–Crippen MR) is 329 cm³/mol. The summed E-state index contributed by atoms with van der Waals surface area (Å²) < 4.78 is 14.3. The molecule has 0 radical (unpaired) electrons. The molecule has 5 heteroatoms. The second-order valence-corrected chi connectivity index (χ2v) is 23.3. The van der Waals surface area contributed by atoms with Crippen molar-refractivity contribution in [2.45, 2.75) is 48.3 Å². The van der Waals surface area contributed by atoms with Crippen LogP contribution < -0.4 is 9.47 Å². The first-order valence-electron chi connectivity index (χ1n) is 28.6. The summed E-state index contributed by atoms with van der Waals surface area (Å²) in [6.07, 6.45) is 7.57. The third-order valence-corrected chi connectivity index (χ3v) is 19.3. The standard InChI is InChI=1S/C77H53N3O2/c1-74(40-41-75(2)57-24-6-10-28-61(57)77(62-29-11-7-25-58(62)75)64-31-13-16-35-69(64)82-73-54(21-17-32-66(73)77)53-43-50-19-3-14-33-67(50)79-47-53)55-22-4-8-26-59(55)76(60-27-9-5-23-56(60)74)63-30-12-15-34-68(63)81-70-45-49(38-39-65(70)76)52-44-51-37-36-48-20-18-42-78-71(48)72(51)80-46-52/h3-39,42-47H,40-41H2,1-2H3. The van der Waals surface area contributed by atoms with Crippen molar-refractivity contribution < 1.29 is 9.47 Å². The predicted octanol–water partition coefficient (Wildman–Crippen LogP) is 18.4. The van der Waals surface area contributed by atoms with E-state index in [0.29, 0.717) is 0 Å². The van der Waals surface area contributed by atoms with Gasteiger partial charge < -0.3 is 9.47 Å². The minimum Gasteiger partial charge on any atom is -0.457 e. The lowest BCUT2D eigenvalue weighted by atomic mass is 9.50. The summed E-state index contributed by atoms with van der Waals surface area (Å²) in [5.74, 6) is 3.45. The Balaban J connectivity index is 0.816. The average molecular weight is 1050 g/mol. The highest BCUT2D eigenvalue weighted by molar-refractivity contribution is 6.03. The molecule has 3 aromatic heterocycles. The summed E-state index contributed by atoms with van der Waals surface area (Å²) >= 11 is 0. The van der Waals surface area contributed by atoms with Crippen molar-refractivity contribution in [3.05, 3.63) is 328 Å². The fourth-order valence-corrected chi connectivity index (χ4v) is 15.6. The van der Waals surface area contributed by atoms with Gasteiger partial charge >= 0.3 is 0 Å². The van der Waals surface area contributed by atoms with Crippen LogP contribution in [0.4, 0.5) is 0 Å². The van der Waals surface area contributed by atoms with Crippen LogP contribution >= 0.6 is 0 Å². The highest BCUT2D eigenvalue weighted by Crippen LogP contribution is 2.66. The fraction of sp³-hybridized carbons (Fsp3) is 0.104. The van der Waals surface area contributed by atoms with Gasteiger partial charge in [-0.2, -0.15) is 0 Å². The summed E-state index contributed by atoms with van der Waals surface area (Å²) in [6, 6.07) is 89.3. The summed E-state index contributed by atoms with van der Waals surface area (Å²) in [4.78, 5) is 14.7. The molecule has 0 bridgehead atoms. The van der Waals surface area contributed by atoms with Gasteiger partial charge in [0.2, 0.25) is 0 Å². The fourth-order valence-electron chi connectivity index (χ4n) is 15.6. The van der Waals surface area contributed by atoms with Gasteiger partial charge in [0.05, 0.1) is 27.4 Å². The van der Waals surface area contributed by atoms with E-state index >= 15 is 0 Å². The Morgan fingerprint density at radius 3 is 1.44 bits per heavy atom. The molecule has 0 saturated carbocycles. The van der Waals surface area contributed by atoms with Crippen LogP contribution in [-0.4, -0.2) is 15.0 Å². The van der Waals surface area contributed by atoms with Crippen molar-refractivity contribution in [1.29, 1.82) is 0 Å². The molecule has 2 aliphatic heterocycles. The molecular weight excluding hydrogens is 999 g/mol. The third kappa shape index (κ3) is 6.25. The minimum atomic E-state index is -0.682. The zero-order valence-corrected chi connectivity index (χ0v) is 45.4. The van der Waals surface area contributed by atoms with Gasteiger partial charge in [0.1, 0.15) is 23.0 Å².